The molecule has 0 aromatic carbocycles. The maximum atomic E-state index is 11.8. The predicted molar refractivity (Wildman–Crippen MR) is 94.1 cm³/mol. The fourth-order valence-corrected chi connectivity index (χ4v) is 2.09. The van der Waals surface area contributed by atoms with E-state index in [9.17, 15) is 4.79 Å². The molecule has 0 radical (unpaired) electrons. The number of amides is 1. The first kappa shape index (κ1) is 18.2. The van der Waals surface area contributed by atoms with Gasteiger partial charge in [0.2, 0.25) is 0 Å². The van der Waals surface area contributed by atoms with Crippen molar-refractivity contribution in [3.05, 3.63) is 30.1 Å². The number of carbonyl (C=O) groups excluding carboxylic acids is 1. The van der Waals surface area contributed by atoms with E-state index in [1.807, 2.05) is 0 Å². The van der Waals surface area contributed by atoms with E-state index in [-0.39, 0.29) is 5.91 Å². The van der Waals surface area contributed by atoms with E-state index in [0.717, 1.165) is 38.1 Å². The van der Waals surface area contributed by atoms with Crippen LogP contribution in [0.2, 0.25) is 0 Å². The Labute approximate surface area is 143 Å². The molecule has 1 heterocycles. The van der Waals surface area contributed by atoms with E-state index < -0.39 is 0 Å². The molecule has 1 aliphatic rings. The van der Waals surface area contributed by atoms with Gasteiger partial charge in [0.05, 0.1) is 5.56 Å². The zero-order chi connectivity index (χ0) is 17.0. The molecule has 0 saturated heterocycles. The number of carbonyl (C=O) groups is 1. The van der Waals surface area contributed by atoms with Gasteiger partial charge in [-0.3, -0.25) is 14.8 Å². The summed E-state index contributed by atoms with van der Waals surface area (Å²) in [6, 6.07) is 3.48. The molecule has 0 unspecified atom stereocenters. The molecule has 0 atom stereocenters. The third kappa shape index (κ3) is 7.41. The lowest BCUT2D eigenvalue weighted by atomic mass is 10.3. The van der Waals surface area contributed by atoms with Crippen molar-refractivity contribution in [1.82, 2.24) is 20.9 Å². The highest BCUT2D eigenvalue weighted by Crippen LogP contribution is 2.28. The predicted octanol–water partition coefficient (Wildman–Crippen LogP) is 0.793. The van der Waals surface area contributed by atoms with Crippen LogP contribution in [0.15, 0.2) is 29.5 Å². The maximum absolute atomic E-state index is 11.8. The first-order valence-corrected chi connectivity index (χ1v) is 8.50. The lowest BCUT2D eigenvalue weighted by Gasteiger charge is -2.12. The molecule has 0 aliphatic heterocycles. The molecule has 1 saturated carbocycles. The second kappa shape index (κ2) is 10.6. The van der Waals surface area contributed by atoms with E-state index in [2.05, 4.69) is 25.9 Å². The van der Waals surface area contributed by atoms with Crippen molar-refractivity contribution < 1.29 is 9.53 Å². The van der Waals surface area contributed by atoms with E-state index in [0.29, 0.717) is 18.7 Å². The molecule has 2 rings (SSSR count). The van der Waals surface area contributed by atoms with E-state index in [1.165, 1.54) is 12.8 Å². The maximum Gasteiger partial charge on any atom is 0.252 e. The molecule has 1 amide bonds. The van der Waals surface area contributed by atoms with Gasteiger partial charge in [-0.25, -0.2) is 0 Å². The highest BCUT2D eigenvalue weighted by atomic mass is 16.5. The van der Waals surface area contributed by atoms with E-state index >= 15 is 0 Å². The summed E-state index contributed by atoms with van der Waals surface area (Å²) in [5, 5.41) is 9.23. The number of aliphatic imine (C=N–C) groups is 1. The quantitative estimate of drug-likeness (QED) is 0.335. The second-order valence-corrected chi connectivity index (χ2v) is 5.80. The average Bonchev–Trinajstić information content (AvgIpc) is 3.44. The van der Waals surface area contributed by atoms with Crippen LogP contribution in [-0.4, -0.2) is 56.7 Å². The Kier molecular flexibility index (Phi) is 8.03. The summed E-state index contributed by atoms with van der Waals surface area (Å²) in [6.45, 7) is 3.61. The number of ether oxygens (including phenoxy) is 1. The summed E-state index contributed by atoms with van der Waals surface area (Å²) in [4.78, 5) is 19.9. The van der Waals surface area contributed by atoms with Gasteiger partial charge in [0.25, 0.3) is 5.91 Å². The first-order valence-electron chi connectivity index (χ1n) is 8.50. The van der Waals surface area contributed by atoms with Gasteiger partial charge in [0, 0.05) is 52.3 Å². The van der Waals surface area contributed by atoms with Crippen LogP contribution >= 0.6 is 0 Å². The number of pyridine rings is 1. The Morgan fingerprint density at radius 3 is 2.79 bits per heavy atom. The van der Waals surface area contributed by atoms with Crippen LogP contribution in [0, 0.1) is 5.92 Å². The third-order valence-electron chi connectivity index (χ3n) is 3.66. The van der Waals surface area contributed by atoms with Crippen LogP contribution in [0.3, 0.4) is 0 Å². The molecule has 1 fully saturated rings. The first-order chi connectivity index (χ1) is 11.8. The van der Waals surface area contributed by atoms with Crippen LogP contribution in [0.5, 0.6) is 0 Å². The lowest BCUT2D eigenvalue weighted by molar-refractivity contribution is 0.0954. The van der Waals surface area contributed by atoms with E-state index in [1.54, 1.807) is 31.6 Å². The zero-order valence-electron chi connectivity index (χ0n) is 14.3. The van der Waals surface area contributed by atoms with Crippen molar-refractivity contribution in [2.24, 2.45) is 10.9 Å². The molecule has 1 aromatic rings. The molecule has 7 nitrogen and oxygen atoms in total. The van der Waals surface area contributed by atoms with Gasteiger partial charge in [0.1, 0.15) is 0 Å². The monoisotopic (exact) mass is 333 g/mol. The van der Waals surface area contributed by atoms with Crippen molar-refractivity contribution in [2.75, 3.05) is 39.9 Å². The van der Waals surface area contributed by atoms with Crippen molar-refractivity contribution in [1.29, 1.82) is 0 Å². The molecular weight excluding hydrogens is 306 g/mol. The summed E-state index contributed by atoms with van der Waals surface area (Å²) in [6.07, 6.45) is 6.79. The van der Waals surface area contributed by atoms with Crippen molar-refractivity contribution in [3.63, 3.8) is 0 Å². The number of rotatable bonds is 10. The Bertz CT molecular complexity index is 517. The summed E-state index contributed by atoms with van der Waals surface area (Å²) < 4.78 is 5.59. The van der Waals surface area contributed by atoms with E-state index in [4.69, 9.17) is 4.74 Å². The van der Waals surface area contributed by atoms with Gasteiger partial charge >= 0.3 is 0 Å². The molecule has 1 aromatic heterocycles. The Hall–Kier alpha value is -2.15. The van der Waals surface area contributed by atoms with Crippen LogP contribution in [0.1, 0.15) is 29.6 Å². The van der Waals surface area contributed by atoms with Crippen LogP contribution in [-0.2, 0) is 4.74 Å². The van der Waals surface area contributed by atoms with Gasteiger partial charge < -0.3 is 20.7 Å². The molecule has 3 N–H and O–H groups in total. The number of nitrogens with one attached hydrogen (secondary N) is 3. The summed E-state index contributed by atoms with van der Waals surface area (Å²) in [7, 11) is 1.73. The van der Waals surface area contributed by atoms with Crippen molar-refractivity contribution in [2.45, 2.75) is 19.3 Å². The minimum absolute atomic E-state index is 0.124. The van der Waals surface area contributed by atoms with Crippen molar-refractivity contribution in [3.8, 4) is 0 Å². The summed E-state index contributed by atoms with van der Waals surface area (Å²) in [5.74, 6) is 1.42. The smallest absolute Gasteiger partial charge is 0.252 e. The Balaban J connectivity index is 1.49. The van der Waals surface area contributed by atoms with Gasteiger partial charge in [-0.1, -0.05) is 0 Å². The largest absolute Gasteiger partial charge is 0.381 e. The molecule has 0 bridgehead atoms. The summed E-state index contributed by atoms with van der Waals surface area (Å²) >= 11 is 0. The standard InChI is InChI=1S/C17H27N5O2/c1-18-17(21-8-3-11-24-13-14-5-6-14)22-10-9-20-16(23)15-4-2-7-19-12-15/h2,4,7,12,14H,3,5-6,8-11,13H2,1H3,(H,20,23)(H2,18,21,22). The van der Waals surface area contributed by atoms with Gasteiger partial charge in [-0.05, 0) is 37.3 Å². The fraction of sp³-hybridized carbons (Fsp3) is 0.588. The van der Waals surface area contributed by atoms with Crippen LogP contribution < -0.4 is 16.0 Å². The molecule has 0 spiro atoms. The summed E-state index contributed by atoms with van der Waals surface area (Å²) in [5.41, 5.74) is 0.561. The Morgan fingerprint density at radius 2 is 2.08 bits per heavy atom. The Morgan fingerprint density at radius 1 is 1.29 bits per heavy atom. The molecule has 1 aliphatic carbocycles. The molecule has 24 heavy (non-hydrogen) atoms. The molecule has 7 heteroatoms. The lowest BCUT2D eigenvalue weighted by Crippen LogP contribution is -2.42. The molecule has 132 valence electrons. The third-order valence-corrected chi connectivity index (χ3v) is 3.66. The number of guanidine groups is 1. The van der Waals surface area contributed by atoms with Crippen molar-refractivity contribution >= 4 is 11.9 Å². The minimum Gasteiger partial charge on any atom is -0.381 e. The average molecular weight is 333 g/mol. The number of aromatic nitrogens is 1. The van der Waals surface area contributed by atoms with Gasteiger partial charge in [0.15, 0.2) is 5.96 Å². The number of nitrogens with zero attached hydrogens (tertiary/aromatic N) is 2. The topological polar surface area (TPSA) is 87.6 Å². The second-order valence-electron chi connectivity index (χ2n) is 5.80. The molecular formula is C17H27N5O2. The SMILES string of the molecule is CN=C(NCCCOCC1CC1)NCCNC(=O)c1cccnc1. The fourth-order valence-electron chi connectivity index (χ4n) is 2.09. The number of hydrogen-bond donors (Lipinski definition) is 3. The zero-order valence-corrected chi connectivity index (χ0v) is 14.3. The minimum atomic E-state index is -0.124. The highest BCUT2D eigenvalue weighted by molar-refractivity contribution is 5.93. The van der Waals surface area contributed by atoms with Gasteiger partial charge in [-0.2, -0.15) is 0 Å². The van der Waals surface area contributed by atoms with Crippen LogP contribution in [0.4, 0.5) is 0 Å². The van der Waals surface area contributed by atoms with Crippen LogP contribution in [0.25, 0.3) is 0 Å². The van der Waals surface area contributed by atoms with Gasteiger partial charge in [-0.15, -0.1) is 0 Å². The number of hydrogen-bond acceptors (Lipinski definition) is 4. The highest BCUT2D eigenvalue weighted by Gasteiger charge is 2.20. The normalized spacial score (nSPS) is 14.3.